The normalized spacial score (nSPS) is 19.1. The van der Waals surface area contributed by atoms with Gasteiger partial charge in [0.25, 0.3) is 0 Å². The van der Waals surface area contributed by atoms with Gasteiger partial charge in [0, 0.05) is 24.1 Å². The van der Waals surface area contributed by atoms with Gasteiger partial charge in [0.1, 0.15) is 5.75 Å². The van der Waals surface area contributed by atoms with Crippen molar-refractivity contribution in [1.29, 1.82) is 0 Å². The van der Waals surface area contributed by atoms with Gasteiger partial charge >= 0.3 is 0 Å². The van der Waals surface area contributed by atoms with Crippen LogP contribution in [0.15, 0.2) is 54.6 Å². The minimum atomic E-state index is -0.0368. The fourth-order valence-corrected chi connectivity index (χ4v) is 3.47. The first-order valence-electron chi connectivity index (χ1n) is 9.42. The number of carbonyl (C=O) groups is 2. The highest BCUT2D eigenvalue weighted by atomic mass is 16.5. The lowest BCUT2D eigenvalue weighted by Gasteiger charge is -2.27. The predicted molar refractivity (Wildman–Crippen MR) is 105 cm³/mol. The van der Waals surface area contributed by atoms with E-state index in [0.29, 0.717) is 6.54 Å². The molecule has 2 amide bonds. The average molecular weight is 366 g/mol. The Morgan fingerprint density at radius 2 is 1.48 bits per heavy atom. The van der Waals surface area contributed by atoms with Crippen LogP contribution in [0, 0.1) is 11.8 Å². The SMILES string of the molecule is COc1ccc(NC(=O)C2CCC(C(=O)NCc3ccccc3)CC2)cc1. The molecule has 2 aromatic carbocycles. The van der Waals surface area contributed by atoms with Crippen molar-refractivity contribution >= 4 is 17.5 Å². The second-order valence-electron chi connectivity index (χ2n) is 6.97. The molecule has 1 aliphatic rings. The molecule has 27 heavy (non-hydrogen) atoms. The van der Waals surface area contributed by atoms with Gasteiger partial charge in [-0.1, -0.05) is 30.3 Å². The summed E-state index contributed by atoms with van der Waals surface area (Å²) in [7, 11) is 1.61. The van der Waals surface area contributed by atoms with E-state index in [-0.39, 0.29) is 23.7 Å². The van der Waals surface area contributed by atoms with Crippen molar-refractivity contribution in [3.8, 4) is 5.75 Å². The number of hydrogen-bond acceptors (Lipinski definition) is 3. The van der Waals surface area contributed by atoms with Crippen LogP contribution in [-0.2, 0) is 16.1 Å². The van der Waals surface area contributed by atoms with E-state index < -0.39 is 0 Å². The molecular formula is C22H26N2O3. The van der Waals surface area contributed by atoms with Gasteiger partial charge in [0.05, 0.1) is 7.11 Å². The number of carbonyl (C=O) groups excluding carboxylic acids is 2. The standard InChI is InChI=1S/C22H26N2O3/c1-27-20-13-11-19(12-14-20)24-22(26)18-9-7-17(8-10-18)21(25)23-15-16-5-3-2-4-6-16/h2-6,11-14,17-18H,7-10,15H2,1H3,(H,23,25)(H,24,26). The van der Waals surface area contributed by atoms with E-state index in [1.807, 2.05) is 54.6 Å². The second-order valence-corrected chi connectivity index (χ2v) is 6.97. The predicted octanol–water partition coefficient (Wildman–Crippen LogP) is 3.76. The zero-order valence-electron chi connectivity index (χ0n) is 15.6. The molecule has 1 aliphatic carbocycles. The fourth-order valence-electron chi connectivity index (χ4n) is 3.47. The molecule has 1 saturated carbocycles. The first-order chi connectivity index (χ1) is 13.2. The van der Waals surface area contributed by atoms with E-state index in [4.69, 9.17) is 4.74 Å². The molecule has 1 fully saturated rings. The molecule has 0 radical (unpaired) electrons. The van der Waals surface area contributed by atoms with Crippen LogP contribution in [0.5, 0.6) is 5.75 Å². The molecule has 0 heterocycles. The first-order valence-corrected chi connectivity index (χ1v) is 9.42. The number of amides is 2. The molecule has 3 rings (SSSR count). The smallest absolute Gasteiger partial charge is 0.227 e. The van der Waals surface area contributed by atoms with Crippen LogP contribution in [0.1, 0.15) is 31.2 Å². The Bertz CT molecular complexity index is 751. The third-order valence-corrected chi connectivity index (χ3v) is 5.14. The Morgan fingerprint density at radius 3 is 2.07 bits per heavy atom. The summed E-state index contributed by atoms with van der Waals surface area (Å²) >= 11 is 0. The van der Waals surface area contributed by atoms with Crippen molar-refractivity contribution < 1.29 is 14.3 Å². The molecule has 0 unspecified atom stereocenters. The summed E-state index contributed by atoms with van der Waals surface area (Å²) in [5.74, 6) is 0.843. The molecule has 0 atom stereocenters. The zero-order chi connectivity index (χ0) is 19.1. The van der Waals surface area contributed by atoms with Crippen LogP contribution in [0.25, 0.3) is 0 Å². The number of rotatable bonds is 6. The van der Waals surface area contributed by atoms with Gasteiger partial charge in [-0.15, -0.1) is 0 Å². The summed E-state index contributed by atoms with van der Waals surface area (Å²) in [6.45, 7) is 0.553. The molecule has 0 saturated heterocycles. The number of anilines is 1. The Hall–Kier alpha value is -2.82. The van der Waals surface area contributed by atoms with E-state index in [2.05, 4.69) is 10.6 Å². The molecule has 0 aromatic heterocycles. The molecule has 5 nitrogen and oxygen atoms in total. The molecule has 5 heteroatoms. The average Bonchev–Trinajstić information content (AvgIpc) is 2.73. The van der Waals surface area contributed by atoms with Gasteiger partial charge in [0.15, 0.2) is 0 Å². The van der Waals surface area contributed by atoms with Gasteiger partial charge < -0.3 is 15.4 Å². The van der Waals surface area contributed by atoms with E-state index in [9.17, 15) is 9.59 Å². The highest BCUT2D eigenvalue weighted by Gasteiger charge is 2.29. The van der Waals surface area contributed by atoms with E-state index in [1.54, 1.807) is 7.11 Å². The molecule has 2 aromatic rings. The lowest BCUT2D eigenvalue weighted by atomic mass is 9.81. The number of nitrogens with one attached hydrogen (secondary N) is 2. The lowest BCUT2D eigenvalue weighted by Crippen LogP contribution is -2.35. The van der Waals surface area contributed by atoms with Crippen LogP contribution in [-0.4, -0.2) is 18.9 Å². The van der Waals surface area contributed by atoms with Crippen molar-refractivity contribution in [3.05, 3.63) is 60.2 Å². The molecule has 0 spiro atoms. The summed E-state index contributed by atoms with van der Waals surface area (Å²) in [6.07, 6.45) is 2.99. The van der Waals surface area contributed by atoms with Crippen LogP contribution in [0.2, 0.25) is 0 Å². The monoisotopic (exact) mass is 366 g/mol. The third kappa shape index (κ3) is 5.33. The summed E-state index contributed by atoms with van der Waals surface area (Å²) in [6, 6.07) is 17.2. The first kappa shape index (κ1) is 19.0. The Morgan fingerprint density at radius 1 is 0.889 bits per heavy atom. The summed E-state index contributed by atoms with van der Waals surface area (Å²) < 4.78 is 5.12. The number of benzene rings is 2. The lowest BCUT2D eigenvalue weighted by molar-refractivity contribution is -0.128. The maximum Gasteiger partial charge on any atom is 0.227 e. The number of methoxy groups -OCH3 is 1. The third-order valence-electron chi connectivity index (χ3n) is 5.14. The Balaban J connectivity index is 1.43. The van der Waals surface area contributed by atoms with Crippen molar-refractivity contribution in [1.82, 2.24) is 5.32 Å². The second kappa shape index (κ2) is 9.21. The highest BCUT2D eigenvalue weighted by Crippen LogP contribution is 2.30. The van der Waals surface area contributed by atoms with Gasteiger partial charge in [-0.25, -0.2) is 0 Å². The fraction of sp³-hybridized carbons (Fsp3) is 0.364. The van der Waals surface area contributed by atoms with Crippen molar-refractivity contribution in [3.63, 3.8) is 0 Å². The minimum Gasteiger partial charge on any atom is -0.497 e. The highest BCUT2D eigenvalue weighted by molar-refractivity contribution is 5.92. The summed E-state index contributed by atoms with van der Waals surface area (Å²) in [5.41, 5.74) is 1.86. The van der Waals surface area contributed by atoms with E-state index >= 15 is 0 Å². The maximum atomic E-state index is 12.5. The van der Waals surface area contributed by atoms with E-state index in [0.717, 1.165) is 42.7 Å². The number of ether oxygens (including phenoxy) is 1. The van der Waals surface area contributed by atoms with Crippen LogP contribution < -0.4 is 15.4 Å². The van der Waals surface area contributed by atoms with Crippen molar-refractivity contribution in [2.75, 3.05) is 12.4 Å². The minimum absolute atomic E-state index is 0.00116. The summed E-state index contributed by atoms with van der Waals surface area (Å²) in [5, 5.41) is 5.97. The molecule has 0 aliphatic heterocycles. The molecule has 142 valence electrons. The van der Waals surface area contributed by atoms with Crippen LogP contribution in [0.4, 0.5) is 5.69 Å². The van der Waals surface area contributed by atoms with Crippen molar-refractivity contribution in [2.24, 2.45) is 11.8 Å². The maximum absolute atomic E-state index is 12.5. The Labute approximate surface area is 160 Å². The molecule has 0 bridgehead atoms. The molecular weight excluding hydrogens is 340 g/mol. The van der Waals surface area contributed by atoms with Crippen LogP contribution >= 0.6 is 0 Å². The number of hydrogen-bond donors (Lipinski definition) is 2. The topological polar surface area (TPSA) is 67.4 Å². The van der Waals surface area contributed by atoms with Gasteiger partial charge in [-0.2, -0.15) is 0 Å². The van der Waals surface area contributed by atoms with Crippen molar-refractivity contribution in [2.45, 2.75) is 32.2 Å². The zero-order valence-corrected chi connectivity index (χ0v) is 15.6. The van der Waals surface area contributed by atoms with Gasteiger partial charge in [-0.3, -0.25) is 9.59 Å². The molecule has 2 N–H and O–H groups in total. The summed E-state index contributed by atoms with van der Waals surface area (Å²) in [4.78, 5) is 24.8. The van der Waals surface area contributed by atoms with Gasteiger partial charge in [0.2, 0.25) is 11.8 Å². The van der Waals surface area contributed by atoms with E-state index in [1.165, 1.54) is 0 Å². The quantitative estimate of drug-likeness (QED) is 0.818. The van der Waals surface area contributed by atoms with Crippen LogP contribution in [0.3, 0.4) is 0 Å². The van der Waals surface area contributed by atoms with Gasteiger partial charge in [-0.05, 0) is 55.5 Å². The largest absolute Gasteiger partial charge is 0.497 e. The Kier molecular flexibility index (Phi) is 6.47.